The number of piperazine rings is 1. The van der Waals surface area contributed by atoms with Crippen molar-refractivity contribution in [2.45, 2.75) is 46.5 Å². The number of carbonyl (C=O) groups excluding carboxylic acids is 1. The Kier molecular flexibility index (Phi) is 9.89. The molecule has 0 spiro atoms. The summed E-state index contributed by atoms with van der Waals surface area (Å²) in [5.41, 5.74) is 0. The van der Waals surface area contributed by atoms with Crippen LogP contribution in [0.25, 0.3) is 0 Å². The quantitative estimate of drug-likeness (QED) is 0.291. The van der Waals surface area contributed by atoms with Gasteiger partial charge in [0, 0.05) is 58.5 Å². The molecule has 1 aliphatic heterocycles. The van der Waals surface area contributed by atoms with Gasteiger partial charge in [-0.1, -0.05) is 19.0 Å². The molecule has 1 fully saturated rings. The fraction of sp³-hybridized carbons (Fsp3) is 0.765. The molecule has 8 nitrogen and oxygen atoms in total. The number of aliphatic imine (C=N–C) groups is 1. The minimum atomic E-state index is 0. The smallest absolute Gasteiger partial charge is 0.226 e. The van der Waals surface area contributed by atoms with Gasteiger partial charge in [0.05, 0.1) is 0 Å². The van der Waals surface area contributed by atoms with Crippen LogP contribution >= 0.6 is 24.0 Å². The maximum absolute atomic E-state index is 11.4. The number of amides is 1. The van der Waals surface area contributed by atoms with Gasteiger partial charge in [0.2, 0.25) is 11.8 Å². The molecular weight excluding hydrogens is 447 g/mol. The van der Waals surface area contributed by atoms with Crippen LogP contribution in [-0.2, 0) is 11.2 Å². The Morgan fingerprint density at radius 2 is 1.92 bits per heavy atom. The molecule has 2 rings (SSSR count). The molecular formula is C17H31IN6O2. The summed E-state index contributed by atoms with van der Waals surface area (Å²) < 4.78 is 5.26. The number of halogens is 1. The van der Waals surface area contributed by atoms with Crippen LogP contribution < -0.4 is 5.32 Å². The average molecular weight is 478 g/mol. The summed E-state index contributed by atoms with van der Waals surface area (Å²) in [4.78, 5) is 24.6. The first kappa shape index (κ1) is 22.7. The van der Waals surface area contributed by atoms with E-state index in [9.17, 15) is 4.79 Å². The third-order valence-corrected chi connectivity index (χ3v) is 4.17. The molecule has 9 heteroatoms. The third-order valence-electron chi connectivity index (χ3n) is 4.17. The molecule has 0 unspecified atom stereocenters. The normalized spacial score (nSPS) is 15.2. The van der Waals surface area contributed by atoms with Gasteiger partial charge in [-0.15, -0.1) is 24.0 Å². The molecule has 26 heavy (non-hydrogen) atoms. The van der Waals surface area contributed by atoms with Gasteiger partial charge < -0.3 is 19.6 Å². The number of aromatic nitrogens is 2. The Morgan fingerprint density at radius 1 is 1.27 bits per heavy atom. The van der Waals surface area contributed by atoms with E-state index in [1.807, 2.05) is 18.7 Å². The van der Waals surface area contributed by atoms with Gasteiger partial charge in [-0.2, -0.15) is 4.98 Å². The first-order valence-electron chi connectivity index (χ1n) is 9.12. The number of aryl methyl sites for hydroxylation is 1. The maximum Gasteiger partial charge on any atom is 0.226 e. The van der Waals surface area contributed by atoms with Gasteiger partial charge in [0.25, 0.3) is 0 Å². The monoisotopic (exact) mass is 478 g/mol. The molecule has 0 aliphatic carbocycles. The van der Waals surface area contributed by atoms with Gasteiger partial charge in [-0.25, -0.2) is 0 Å². The summed E-state index contributed by atoms with van der Waals surface area (Å²) in [7, 11) is 0. The van der Waals surface area contributed by atoms with Gasteiger partial charge >= 0.3 is 0 Å². The second-order valence-corrected chi connectivity index (χ2v) is 6.53. The van der Waals surface area contributed by atoms with Crippen molar-refractivity contribution in [1.82, 2.24) is 25.3 Å². The third kappa shape index (κ3) is 6.73. The second-order valence-electron chi connectivity index (χ2n) is 6.53. The van der Waals surface area contributed by atoms with Crippen molar-refractivity contribution < 1.29 is 9.32 Å². The van der Waals surface area contributed by atoms with Crippen LogP contribution in [0.4, 0.5) is 0 Å². The van der Waals surface area contributed by atoms with E-state index in [-0.39, 0.29) is 35.8 Å². The van der Waals surface area contributed by atoms with Crippen molar-refractivity contribution in [2.24, 2.45) is 4.99 Å². The molecule has 0 radical (unpaired) electrons. The molecule has 1 N–H and O–H groups in total. The average Bonchev–Trinajstić information content (AvgIpc) is 3.07. The summed E-state index contributed by atoms with van der Waals surface area (Å²) >= 11 is 0. The van der Waals surface area contributed by atoms with E-state index in [0.717, 1.165) is 57.3 Å². The summed E-state index contributed by atoms with van der Waals surface area (Å²) in [5.74, 6) is 2.78. The lowest BCUT2D eigenvalue weighted by Crippen LogP contribution is -2.53. The summed E-state index contributed by atoms with van der Waals surface area (Å²) in [6, 6.07) is 0. The Bertz CT molecular complexity index is 582. The number of rotatable bonds is 6. The van der Waals surface area contributed by atoms with Crippen molar-refractivity contribution in [3.05, 3.63) is 11.7 Å². The van der Waals surface area contributed by atoms with Gasteiger partial charge in [0.1, 0.15) is 0 Å². The van der Waals surface area contributed by atoms with Crippen molar-refractivity contribution >= 4 is 35.8 Å². The van der Waals surface area contributed by atoms with Crippen molar-refractivity contribution in [1.29, 1.82) is 0 Å². The van der Waals surface area contributed by atoms with Crippen LogP contribution in [-0.4, -0.2) is 71.1 Å². The topological polar surface area (TPSA) is 86.9 Å². The SMILES string of the molecule is CCNC(=NCCCc1nc(C(C)C)no1)N1CCN(C(C)=O)CC1.I. The first-order chi connectivity index (χ1) is 12.0. The molecule has 148 valence electrons. The molecule has 0 saturated carbocycles. The predicted molar refractivity (Wildman–Crippen MR) is 112 cm³/mol. The lowest BCUT2D eigenvalue weighted by molar-refractivity contribution is -0.130. The zero-order valence-corrected chi connectivity index (χ0v) is 18.5. The minimum absolute atomic E-state index is 0. The number of nitrogens with one attached hydrogen (secondary N) is 1. The molecule has 1 amide bonds. The fourth-order valence-corrected chi connectivity index (χ4v) is 2.68. The summed E-state index contributed by atoms with van der Waals surface area (Å²) in [6.45, 7) is 12.4. The van der Waals surface area contributed by atoms with Crippen molar-refractivity contribution in [3.8, 4) is 0 Å². The Morgan fingerprint density at radius 3 is 2.46 bits per heavy atom. The molecule has 0 aromatic carbocycles. The van der Waals surface area contributed by atoms with E-state index in [2.05, 4.69) is 27.3 Å². The van der Waals surface area contributed by atoms with E-state index in [1.165, 1.54) is 0 Å². The predicted octanol–water partition coefficient (Wildman–Crippen LogP) is 1.87. The van der Waals surface area contributed by atoms with Crippen LogP contribution in [0.15, 0.2) is 9.52 Å². The highest BCUT2D eigenvalue weighted by molar-refractivity contribution is 14.0. The van der Waals surface area contributed by atoms with Crippen molar-refractivity contribution in [2.75, 3.05) is 39.3 Å². The molecule has 1 aromatic heterocycles. The molecule has 1 aromatic rings. The maximum atomic E-state index is 11.4. The number of guanidine groups is 1. The highest BCUT2D eigenvalue weighted by Gasteiger charge is 2.20. The molecule has 2 heterocycles. The lowest BCUT2D eigenvalue weighted by Gasteiger charge is -2.36. The van der Waals surface area contributed by atoms with Crippen LogP contribution in [0.5, 0.6) is 0 Å². The fourth-order valence-electron chi connectivity index (χ4n) is 2.68. The van der Waals surface area contributed by atoms with E-state index < -0.39 is 0 Å². The van der Waals surface area contributed by atoms with Crippen LogP contribution in [0, 0.1) is 0 Å². The van der Waals surface area contributed by atoms with Crippen LogP contribution in [0.3, 0.4) is 0 Å². The lowest BCUT2D eigenvalue weighted by atomic mass is 10.2. The number of hydrogen-bond acceptors (Lipinski definition) is 5. The molecule has 1 aliphatic rings. The Hall–Kier alpha value is -1.39. The van der Waals surface area contributed by atoms with Crippen molar-refractivity contribution in [3.63, 3.8) is 0 Å². The largest absolute Gasteiger partial charge is 0.357 e. The highest BCUT2D eigenvalue weighted by Crippen LogP contribution is 2.10. The zero-order chi connectivity index (χ0) is 18.2. The Balaban J connectivity index is 0.00000338. The molecule has 0 bridgehead atoms. The Labute approximate surface area is 172 Å². The molecule has 1 saturated heterocycles. The number of nitrogens with zero attached hydrogens (tertiary/aromatic N) is 5. The first-order valence-corrected chi connectivity index (χ1v) is 9.12. The van der Waals surface area contributed by atoms with E-state index in [4.69, 9.17) is 9.52 Å². The van der Waals surface area contributed by atoms with E-state index in [0.29, 0.717) is 12.4 Å². The minimum Gasteiger partial charge on any atom is -0.357 e. The van der Waals surface area contributed by atoms with Gasteiger partial charge in [0.15, 0.2) is 11.8 Å². The number of hydrogen-bond donors (Lipinski definition) is 1. The summed E-state index contributed by atoms with van der Waals surface area (Å²) in [5, 5.41) is 7.31. The second kappa shape index (κ2) is 11.3. The summed E-state index contributed by atoms with van der Waals surface area (Å²) in [6.07, 6.45) is 1.60. The van der Waals surface area contributed by atoms with Crippen LogP contribution in [0.1, 0.15) is 51.7 Å². The number of carbonyl (C=O) groups is 1. The van der Waals surface area contributed by atoms with E-state index >= 15 is 0 Å². The molecule has 0 atom stereocenters. The highest BCUT2D eigenvalue weighted by atomic mass is 127. The van der Waals surface area contributed by atoms with E-state index in [1.54, 1.807) is 6.92 Å². The van der Waals surface area contributed by atoms with Gasteiger partial charge in [-0.3, -0.25) is 9.79 Å². The van der Waals surface area contributed by atoms with Gasteiger partial charge in [-0.05, 0) is 13.3 Å². The van der Waals surface area contributed by atoms with Crippen LogP contribution in [0.2, 0.25) is 0 Å². The standard InChI is InChI=1S/C17H30N6O2.HI/c1-5-18-17(23-11-9-22(10-12-23)14(4)24)19-8-6-7-15-20-16(13(2)3)21-25-15;/h13H,5-12H2,1-4H3,(H,18,19);1H. The zero-order valence-electron chi connectivity index (χ0n) is 16.2.